The van der Waals surface area contributed by atoms with E-state index < -0.39 is 17.7 Å². The number of rotatable bonds is 7. The van der Waals surface area contributed by atoms with Crippen molar-refractivity contribution in [1.29, 1.82) is 0 Å². The summed E-state index contributed by atoms with van der Waals surface area (Å²) in [5.74, 6) is 0.137. The standard InChI is InChI=1S/C12H22O4/c1-8(13)12(2,16)5-3-4-9-6-10(9)7-11(14)15/h8-10,13,16H,3-7H2,1-2H3,(H,14,15)/t8?,9-,10-,12?/m1/s1. The number of hydrogen-bond acceptors (Lipinski definition) is 3. The van der Waals surface area contributed by atoms with Crippen LogP contribution in [0, 0.1) is 11.8 Å². The molecular weight excluding hydrogens is 208 g/mol. The summed E-state index contributed by atoms with van der Waals surface area (Å²) in [6.07, 6.45) is 2.93. The van der Waals surface area contributed by atoms with Gasteiger partial charge in [-0.15, -0.1) is 0 Å². The molecule has 0 aromatic carbocycles. The van der Waals surface area contributed by atoms with Gasteiger partial charge in [-0.1, -0.05) is 12.8 Å². The second-order valence-corrected chi connectivity index (χ2v) is 5.28. The second kappa shape index (κ2) is 5.15. The SMILES string of the molecule is CC(O)C(C)(O)CCC[C@@H]1C[C@@H]1CC(=O)O. The van der Waals surface area contributed by atoms with Gasteiger partial charge in [-0.25, -0.2) is 0 Å². The van der Waals surface area contributed by atoms with Crippen LogP contribution in [-0.2, 0) is 4.79 Å². The Morgan fingerprint density at radius 3 is 2.62 bits per heavy atom. The molecule has 0 saturated heterocycles. The number of carbonyl (C=O) groups is 1. The van der Waals surface area contributed by atoms with E-state index in [-0.39, 0.29) is 6.42 Å². The molecule has 0 radical (unpaired) electrons. The van der Waals surface area contributed by atoms with E-state index >= 15 is 0 Å². The Balaban J connectivity index is 2.12. The van der Waals surface area contributed by atoms with E-state index in [1.165, 1.54) is 0 Å². The highest BCUT2D eigenvalue weighted by atomic mass is 16.4. The van der Waals surface area contributed by atoms with Crippen LogP contribution in [0.15, 0.2) is 0 Å². The molecule has 4 heteroatoms. The molecule has 0 aromatic heterocycles. The largest absolute Gasteiger partial charge is 0.481 e. The summed E-state index contributed by atoms with van der Waals surface area (Å²) < 4.78 is 0. The third-order valence-corrected chi connectivity index (χ3v) is 3.66. The monoisotopic (exact) mass is 230 g/mol. The molecular formula is C12H22O4. The molecule has 0 spiro atoms. The molecule has 16 heavy (non-hydrogen) atoms. The first-order valence-electron chi connectivity index (χ1n) is 5.95. The van der Waals surface area contributed by atoms with Crippen LogP contribution >= 0.6 is 0 Å². The maximum atomic E-state index is 10.4. The quantitative estimate of drug-likeness (QED) is 0.617. The van der Waals surface area contributed by atoms with E-state index in [1.807, 2.05) is 0 Å². The van der Waals surface area contributed by atoms with E-state index in [0.717, 1.165) is 19.3 Å². The Morgan fingerprint density at radius 2 is 2.12 bits per heavy atom. The molecule has 1 rings (SSSR count). The van der Waals surface area contributed by atoms with Crippen LogP contribution in [0.4, 0.5) is 0 Å². The van der Waals surface area contributed by atoms with Gasteiger partial charge < -0.3 is 15.3 Å². The van der Waals surface area contributed by atoms with Gasteiger partial charge in [0.05, 0.1) is 11.7 Å². The maximum absolute atomic E-state index is 10.4. The highest BCUT2D eigenvalue weighted by Gasteiger charge is 2.38. The third-order valence-electron chi connectivity index (χ3n) is 3.66. The van der Waals surface area contributed by atoms with E-state index in [4.69, 9.17) is 5.11 Å². The Morgan fingerprint density at radius 1 is 1.50 bits per heavy atom. The lowest BCUT2D eigenvalue weighted by molar-refractivity contribution is -0.137. The highest BCUT2D eigenvalue weighted by molar-refractivity contribution is 5.67. The fraction of sp³-hybridized carbons (Fsp3) is 0.917. The number of aliphatic hydroxyl groups excluding tert-OH is 1. The molecule has 0 amide bonds. The van der Waals surface area contributed by atoms with Crippen LogP contribution in [0.25, 0.3) is 0 Å². The van der Waals surface area contributed by atoms with Crippen LogP contribution in [0.2, 0.25) is 0 Å². The van der Waals surface area contributed by atoms with E-state index in [2.05, 4.69) is 0 Å². The Hall–Kier alpha value is -0.610. The zero-order valence-corrected chi connectivity index (χ0v) is 10.0. The van der Waals surface area contributed by atoms with Crippen LogP contribution in [0.1, 0.15) is 46.0 Å². The van der Waals surface area contributed by atoms with Crippen molar-refractivity contribution >= 4 is 5.97 Å². The zero-order chi connectivity index (χ0) is 12.3. The molecule has 1 fully saturated rings. The van der Waals surface area contributed by atoms with Gasteiger partial charge in [0.25, 0.3) is 0 Å². The van der Waals surface area contributed by atoms with Gasteiger partial charge in [0.15, 0.2) is 0 Å². The fourth-order valence-electron chi connectivity index (χ4n) is 2.07. The van der Waals surface area contributed by atoms with Crippen molar-refractivity contribution in [3.63, 3.8) is 0 Å². The van der Waals surface area contributed by atoms with Gasteiger partial charge in [0.2, 0.25) is 0 Å². The minimum Gasteiger partial charge on any atom is -0.481 e. The summed E-state index contributed by atoms with van der Waals surface area (Å²) in [6, 6.07) is 0. The van der Waals surface area contributed by atoms with Crippen LogP contribution in [0.5, 0.6) is 0 Å². The third kappa shape index (κ3) is 4.10. The number of aliphatic hydroxyl groups is 2. The number of hydrogen-bond donors (Lipinski definition) is 3. The maximum Gasteiger partial charge on any atom is 0.303 e. The predicted molar refractivity (Wildman–Crippen MR) is 60.0 cm³/mol. The summed E-state index contributed by atoms with van der Waals surface area (Å²) in [7, 11) is 0. The predicted octanol–water partition coefficient (Wildman–Crippen LogP) is 1.40. The lowest BCUT2D eigenvalue weighted by atomic mass is 9.93. The van der Waals surface area contributed by atoms with Gasteiger partial charge in [0, 0.05) is 6.42 Å². The number of carboxylic acids is 1. The summed E-state index contributed by atoms with van der Waals surface area (Å²) in [5, 5.41) is 27.7. The Kier molecular flexibility index (Phi) is 4.33. The minimum atomic E-state index is -1.02. The van der Waals surface area contributed by atoms with Crippen molar-refractivity contribution < 1.29 is 20.1 Å². The Labute approximate surface area is 96.3 Å². The van der Waals surface area contributed by atoms with Crippen molar-refractivity contribution in [1.82, 2.24) is 0 Å². The molecule has 0 aliphatic heterocycles. The van der Waals surface area contributed by atoms with Gasteiger partial charge in [-0.05, 0) is 38.5 Å². The van der Waals surface area contributed by atoms with Gasteiger partial charge in [0.1, 0.15) is 0 Å². The average molecular weight is 230 g/mol. The van der Waals surface area contributed by atoms with Crippen molar-refractivity contribution in [2.24, 2.45) is 11.8 Å². The van der Waals surface area contributed by atoms with Gasteiger partial charge in [-0.3, -0.25) is 4.79 Å². The summed E-state index contributed by atoms with van der Waals surface area (Å²) >= 11 is 0. The topological polar surface area (TPSA) is 77.8 Å². The Bertz CT molecular complexity index is 247. The van der Waals surface area contributed by atoms with Gasteiger partial charge in [-0.2, -0.15) is 0 Å². The zero-order valence-electron chi connectivity index (χ0n) is 10.0. The molecule has 0 aromatic rings. The molecule has 0 bridgehead atoms. The lowest BCUT2D eigenvalue weighted by Gasteiger charge is -2.26. The van der Waals surface area contributed by atoms with E-state index in [9.17, 15) is 15.0 Å². The minimum absolute atomic E-state index is 0.275. The van der Waals surface area contributed by atoms with Crippen molar-refractivity contribution in [3.8, 4) is 0 Å². The molecule has 1 saturated carbocycles. The second-order valence-electron chi connectivity index (χ2n) is 5.28. The summed E-state index contributed by atoms with van der Waals surface area (Å²) in [4.78, 5) is 10.4. The summed E-state index contributed by atoms with van der Waals surface area (Å²) in [5.41, 5.74) is -1.02. The van der Waals surface area contributed by atoms with Crippen LogP contribution in [-0.4, -0.2) is 33.0 Å². The average Bonchev–Trinajstić information content (AvgIpc) is 2.81. The van der Waals surface area contributed by atoms with E-state index in [1.54, 1.807) is 13.8 Å². The molecule has 1 aliphatic carbocycles. The molecule has 2 unspecified atom stereocenters. The molecule has 94 valence electrons. The fourth-order valence-corrected chi connectivity index (χ4v) is 2.07. The molecule has 3 N–H and O–H groups in total. The highest BCUT2D eigenvalue weighted by Crippen LogP contribution is 2.45. The van der Waals surface area contributed by atoms with E-state index in [0.29, 0.717) is 18.3 Å². The number of carboxylic acid groups (broad SMARTS) is 1. The smallest absolute Gasteiger partial charge is 0.303 e. The first-order valence-corrected chi connectivity index (χ1v) is 5.95. The van der Waals surface area contributed by atoms with Crippen molar-refractivity contribution in [3.05, 3.63) is 0 Å². The number of aliphatic carboxylic acids is 1. The molecule has 4 atom stereocenters. The van der Waals surface area contributed by atoms with Crippen LogP contribution < -0.4 is 0 Å². The normalized spacial score (nSPS) is 29.5. The first-order chi connectivity index (χ1) is 7.33. The van der Waals surface area contributed by atoms with Crippen molar-refractivity contribution in [2.75, 3.05) is 0 Å². The molecule has 4 nitrogen and oxygen atoms in total. The molecule has 0 heterocycles. The summed E-state index contributed by atoms with van der Waals surface area (Å²) in [6.45, 7) is 3.23. The molecule has 1 aliphatic rings. The van der Waals surface area contributed by atoms with Crippen LogP contribution in [0.3, 0.4) is 0 Å². The van der Waals surface area contributed by atoms with Crippen molar-refractivity contribution in [2.45, 2.75) is 57.7 Å². The lowest BCUT2D eigenvalue weighted by Crippen LogP contribution is -2.36. The van der Waals surface area contributed by atoms with Gasteiger partial charge >= 0.3 is 5.97 Å². The first kappa shape index (κ1) is 13.5.